The molecule has 6 heteroatoms. The minimum Gasteiger partial charge on any atom is -0.454 e. The van der Waals surface area contributed by atoms with E-state index in [0.717, 1.165) is 37.0 Å². The lowest BCUT2D eigenvalue weighted by molar-refractivity contribution is 0.0713. The second-order valence-corrected chi connectivity index (χ2v) is 6.78. The number of carbonyl (C=O) groups is 1. The van der Waals surface area contributed by atoms with E-state index in [1.165, 1.54) is 5.56 Å². The van der Waals surface area contributed by atoms with Gasteiger partial charge in [-0.3, -0.25) is 9.78 Å². The van der Waals surface area contributed by atoms with Gasteiger partial charge in [-0.15, -0.1) is 0 Å². The molecule has 2 aliphatic heterocycles. The molecule has 132 valence electrons. The van der Waals surface area contributed by atoms with Crippen molar-refractivity contribution in [1.29, 1.82) is 0 Å². The van der Waals surface area contributed by atoms with Crippen LogP contribution in [0.3, 0.4) is 0 Å². The molecule has 0 radical (unpaired) electrons. The van der Waals surface area contributed by atoms with Crippen LogP contribution in [-0.2, 0) is 0 Å². The van der Waals surface area contributed by atoms with Gasteiger partial charge in [0.15, 0.2) is 11.5 Å². The third kappa shape index (κ3) is 2.49. The summed E-state index contributed by atoms with van der Waals surface area (Å²) >= 11 is 0. The summed E-state index contributed by atoms with van der Waals surface area (Å²) in [6.07, 6.45) is 5.79. The molecule has 1 aromatic carbocycles. The number of likely N-dealkylation sites (tertiary alicyclic amines) is 1. The molecule has 0 atom stereocenters. The second kappa shape index (κ2) is 6.05. The summed E-state index contributed by atoms with van der Waals surface area (Å²) in [5.74, 6) is 1.83. The molecular formula is C20H19N3O3. The highest BCUT2D eigenvalue weighted by molar-refractivity contribution is 5.95. The van der Waals surface area contributed by atoms with E-state index in [1.807, 2.05) is 29.3 Å². The summed E-state index contributed by atoms with van der Waals surface area (Å²) in [7, 11) is 0. The zero-order valence-corrected chi connectivity index (χ0v) is 14.3. The van der Waals surface area contributed by atoms with Crippen LogP contribution in [0, 0.1) is 0 Å². The number of amides is 1. The van der Waals surface area contributed by atoms with Crippen LogP contribution in [-0.4, -0.2) is 40.7 Å². The molecule has 0 saturated carbocycles. The first-order valence-corrected chi connectivity index (χ1v) is 8.90. The minimum absolute atomic E-state index is 0.0544. The van der Waals surface area contributed by atoms with Crippen molar-refractivity contribution < 1.29 is 14.3 Å². The lowest BCUT2D eigenvalue weighted by Crippen LogP contribution is -2.37. The van der Waals surface area contributed by atoms with Gasteiger partial charge in [-0.05, 0) is 54.7 Å². The van der Waals surface area contributed by atoms with Crippen molar-refractivity contribution >= 4 is 16.9 Å². The summed E-state index contributed by atoms with van der Waals surface area (Å²) in [5, 5.41) is 0. The number of pyridine rings is 1. The Labute approximate surface area is 150 Å². The van der Waals surface area contributed by atoms with E-state index >= 15 is 0 Å². The number of fused-ring (bicyclic) bond motifs is 2. The summed E-state index contributed by atoms with van der Waals surface area (Å²) in [5.41, 5.74) is 4.03. The second-order valence-electron chi connectivity index (χ2n) is 6.78. The number of nitrogens with one attached hydrogen (secondary N) is 1. The van der Waals surface area contributed by atoms with Crippen molar-refractivity contribution in [3.05, 3.63) is 53.9 Å². The fourth-order valence-electron chi connectivity index (χ4n) is 3.89. The Bertz CT molecular complexity index is 973. The standard InChI is InChI=1S/C20H19N3O3/c24-20(14-3-4-17-18(10-14)26-12-25-17)23-8-5-13(6-9-23)15-11-22-16-2-1-7-21-19(15)16/h1-4,7,10-11,13,22H,5-6,8-9,12H2. The first kappa shape index (κ1) is 15.3. The fourth-order valence-corrected chi connectivity index (χ4v) is 3.89. The lowest BCUT2D eigenvalue weighted by atomic mass is 9.90. The van der Waals surface area contributed by atoms with Gasteiger partial charge in [-0.25, -0.2) is 0 Å². The number of nitrogens with zero attached hydrogens (tertiary/aromatic N) is 2. The number of rotatable bonds is 2. The number of piperidine rings is 1. The normalized spacial score (nSPS) is 17.0. The van der Waals surface area contributed by atoms with Gasteiger partial charge in [0.25, 0.3) is 5.91 Å². The highest BCUT2D eigenvalue weighted by Crippen LogP contribution is 2.35. The monoisotopic (exact) mass is 349 g/mol. The predicted molar refractivity (Wildman–Crippen MR) is 96.5 cm³/mol. The SMILES string of the molecule is O=C(c1ccc2c(c1)OCO2)N1CCC(c2c[nH]c3cccnc23)CC1. The van der Waals surface area contributed by atoms with Crippen LogP contribution in [0.4, 0.5) is 0 Å². The van der Waals surface area contributed by atoms with Gasteiger partial charge in [0.1, 0.15) is 0 Å². The average molecular weight is 349 g/mol. The molecule has 0 aliphatic carbocycles. The van der Waals surface area contributed by atoms with Crippen molar-refractivity contribution in [2.24, 2.45) is 0 Å². The maximum absolute atomic E-state index is 12.8. The van der Waals surface area contributed by atoms with Gasteiger partial charge < -0.3 is 19.4 Å². The number of aromatic nitrogens is 2. The van der Waals surface area contributed by atoms with E-state index in [0.29, 0.717) is 23.0 Å². The third-order valence-electron chi connectivity index (χ3n) is 5.31. The van der Waals surface area contributed by atoms with E-state index in [9.17, 15) is 4.79 Å². The van der Waals surface area contributed by atoms with E-state index < -0.39 is 0 Å². The Morgan fingerprint density at radius 2 is 2.00 bits per heavy atom. The van der Waals surface area contributed by atoms with Gasteiger partial charge in [0.05, 0.1) is 11.0 Å². The molecule has 1 N–H and O–H groups in total. The molecule has 0 unspecified atom stereocenters. The molecule has 0 bridgehead atoms. The smallest absolute Gasteiger partial charge is 0.253 e. The van der Waals surface area contributed by atoms with Crippen LogP contribution >= 0.6 is 0 Å². The summed E-state index contributed by atoms with van der Waals surface area (Å²) in [4.78, 5) is 22.6. The van der Waals surface area contributed by atoms with Gasteiger partial charge in [-0.2, -0.15) is 0 Å². The topological polar surface area (TPSA) is 67.5 Å². The Balaban J connectivity index is 1.30. The van der Waals surface area contributed by atoms with Crippen LogP contribution in [0.2, 0.25) is 0 Å². The third-order valence-corrected chi connectivity index (χ3v) is 5.31. The van der Waals surface area contributed by atoms with Gasteiger partial charge in [-0.1, -0.05) is 0 Å². The molecule has 1 saturated heterocycles. The van der Waals surface area contributed by atoms with Crippen LogP contribution < -0.4 is 9.47 Å². The Kier molecular flexibility index (Phi) is 3.55. The van der Waals surface area contributed by atoms with Gasteiger partial charge in [0, 0.05) is 31.0 Å². The largest absolute Gasteiger partial charge is 0.454 e. The van der Waals surface area contributed by atoms with Crippen LogP contribution in [0.25, 0.3) is 11.0 Å². The van der Waals surface area contributed by atoms with Gasteiger partial charge >= 0.3 is 0 Å². The highest BCUT2D eigenvalue weighted by atomic mass is 16.7. The molecule has 4 heterocycles. The van der Waals surface area contributed by atoms with Crippen molar-refractivity contribution in [1.82, 2.24) is 14.9 Å². The molecule has 3 aromatic rings. The number of aromatic amines is 1. The van der Waals surface area contributed by atoms with E-state index in [4.69, 9.17) is 9.47 Å². The zero-order chi connectivity index (χ0) is 17.5. The Hall–Kier alpha value is -3.02. The summed E-state index contributed by atoms with van der Waals surface area (Å²) in [6.45, 7) is 1.71. The number of hydrogen-bond acceptors (Lipinski definition) is 4. The van der Waals surface area contributed by atoms with Crippen molar-refractivity contribution in [2.75, 3.05) is 19.9 Å². The molecule has 6 nitrogen and oxygen atoms in total. The Morgan fingerprint density at radius 1 is 1.15 bits per heavy atom. The molecule has 0 spiro atoms. The molecule has 5 rings (SSSR count). The van der Waals surface area contributed by atoms with E-state index in [2.05, 4.69) is 16.2 Å². The maximum atomic E-state index is 12.8. The molecule has 1 fully saturated rings. The molecule has 1 amide bonds. The maximum Gasteiger partial charge on any atom is 0.253 e. The summed E-state index contributed by atoms with van der Waals surface area (Å²) < 4.78 is 10.7. The lowest BCUT2D eigenvalue weighted by Gasteiger charge is -2.32. The number of H-pyrrole nitrogens is 1. The van der Waals surface area contributed by atoms with Gasteiger partial charge in [0.2, 0.25) is 6.79 Å². The number of carbonyl (C=O) groups excluding carboxylic acids is 1. The number of benzene rings is 1. The fraction of sp³-hybridized carbons (Fsp3) is 0.300. The molecule has 2 aromatic heterocycles. The quantitative estimate of drug-likeness (QED) is 0.771. The number of ether oxygens (including phenoxy) is 2. The highest BCUT2D eigenvalue weighted by Gasteiger charge is 2.27. The average Bonchev–Trinajstić information content (AvgIpc) is 3.34. The first-order chi connectivity index (χ1) is 12.8. The minimum atomic E-state index is 0.0544. The van der Waals surface area contributed by atoms with Crippen LogP contribution in [0.15, 0.2) is 42.7 Å². The summed E-state index contributed by atoms with van der Waals surface area (Å²) in [6, 6.07) is 9.38. The zero-order valence-electron chi connectivity index (χ0n) is 14.3. The Morgan fingerprint density at radius 3 is 2.88 bits per heavy atom. The van der Waals surface area contributed by atoms with Crippen molar-refractivity contribution in [3.63, 3.8) is 0 Å². The van der Waals surface area contributed by atoms with Crippen molar-refractivity contribution in [2.45, 2.75) is 18.8 Å². The molecular weight excluding hydrogens is 330 g/mol. The molecule has 26 heavy (non-hydrogen) atoms. The first-order valence-electron chi connectivity index (χ1n) is 8.90. The van der Waals surface area contributed by atoms with Crippen LogP contribution in [0.1, 0.15) is 34.7 Å². The number of hydrogen-bond donors (Lipinski definition) is 1. The van der Waals surface area contributed by atoms with Crippen molar-refractivity contribution in [3.8, 4) is 11.5 Å². The molecule has 2 aliphatic rings. The van der Waals surface area contributed by atoms with E-state index in [-0.39, 0.29) is 12.7 Å². The predicted octanol–water partition coefficient (Wildman–Crippen LogP) is 3.31. The van der Waals surface area contributed by atoms with Crippen LogP contribution in [0.5, 0.6) is 11.5 Å². The van der Waals surface area contributed by atoms with E-state index in [1.54, 1.807) is 12.1 Å².